The third kappa shape index (κ3) is 1.47. The Bertz CT molecular complexity index is 410. The van der Waals surface area contributed by atoms with Crippen LogP contribution in [0.15, 0.2) is 4.52 Å². The highest BCUT2D eigenvalue weighted by Gasteiger charge is 2.45. The van der Waals surface area contributed by atoms with Crippen LogP contribution in [0.5, 0.6) is 0 Å². The van der Waals surface area contributed by atoms with E-state index in [1.165, 1.54) is 0 Å². The van der Waals surface area contributed by atoms with Gasteiger partial charge < -0.3 is 9.63 Å². The molecule has 1 aromatic rings. The number of alkyl halides is 3. The number of hydrogen-bond acceptors (Lipinski definition) is 3. The summed E-state index contributed by atoms with van der Waals surface area (Å²) < 4.78 is 41.7. The molecule has 0 amide bonds. The van der Waals surface area contributed by atoms with Gasteiger partial charge in [-0.25, -0.2) is 0 Å². The summed E-state index contributed by atoms with van der Waals surface area (Å²) in [7, 11) is 0. The van der Waals surface area contributed by atoms with Crippen molar-refractivity contribution in [3.05, 3.63) is 17.0 Å². The molecule has 7 heteroatoms. The van der Waals surface area contributed by atoms with Crippen molar-refractivity contribution >= 4 is 5.97 Å². The van der Waals surface area contributed by atoms with Gasteiger partial charge in [0.1, 0.15) is 5.76 Å². The van der Waals surface area contributed by atoms with Crippen molar-refractivity contribution in [2.45, 2.75) is 24.9 Å². The van der Waals surface area contributed by atoms with Gasteiger partial charge in [-0.1, -0.05) is 5.16 Å². The molecule has 0 fully saturated rings. The minimum Gasteiger partial charge on any atom is -0.481 e. The van der Waals surface area contributed by atoms with Crippen LogP contribution in [0, 0.1) is 0 Å². The Morgan fingerprint density at radius 2 is 2.20 bits per heavy atom. The number of fused-ring (bicyclic) bond motifs is 1. The Labute approximate surface area is 81.7 Å². The minimum atomic E-state index is -4.66. The number of rotatable bonds is 1. The molecule has 1 unspecified atom stereocenters. The van der Waals surface area contributed by atoms with E-state index in [0.717, 1.165) is 0 Å². The van der Waals surface area contributed by atoms with Gasteiger partial charge in [0.15, 0.2) is 5.69 Å². The first-order chi connectivity index (χ1) is 6.91. The van der Waals surface area contributed by atoms with E-state index in [4.69, 9.17) is 5.11 Å². The quantitative estimate of drug-likeness (QED) is 0.785. The number of carboxylic acids is 1. The highest BCUT2D eigenvalue weighted by Crippen LogP contribution is 2.42. The van der Waals surface area contributed by atoms with E-state index in [1.807, 2.05) is 0 Å². The third-order valence-corrected chi connectivity index (χ3v) is 2.38. The molecule has 0 saturated carbocycles. The second kappa shape index (κ2) is 2.98. The van der Waals surface area contributed by atoms with Crippen molar-refractivity contribution in [1.29, 1.82) is 0 Å². The van der Waals surface area contributed by atoms with Crippen LogP contribution in [0.4, 0.5) is 13.2 Å². The Balaban J connectivity index is 2.50. The van der Waals surface area contributed by atoms with Crippen molar-refractivity contribution in [3.63, 3.8) is 0 Å². The highest BCUT2D eigenvalue weighted by atomic mass is 19.4. The number of nitrogens with zero attached hydrogens (tertiary/aromatic N) is 1. The summed E-state index contributed by atoms with van der Waals surface area (Å²) in [5, 5.41) is 11.6. The maximum absolute atomic E-state index is 12.4. The SMILES string of the molecule is O=C(O)C1CCc2onc(C(F)(F)F)c21. The molecule has 0 spiro atoms. The minimum absolute atomic E-state index is 0.0368. The molecular formula is C8H6F3NO3. The molecule has 0 bridgehead atoms. The fraction of sp³-hybridized carbons (Fsp3) is 0.500. The molecular weight excluding hydrogens is 215 g/mol. The molecule has 1 atom stereocenters. The zero-order valence-corrected chi connectivity index (χ0v) is 7.34. The van der Waals surface area contributed by atoms with Crippen LogP contribution in [0.25, 0.3) is 0 Å². The Hall–Kier alpha value is -1.53. The fourth-order valence-electron chi connectivity index (χ4n) is 1.74. The molecule has 0 aromatic carbocycles. The number of carboxylic acid groups (broad SMARTS) is 1. The van der Waals surface area contributed by atoms with Crippen molar-refractivity contribution in [2.24, 2.45) is 0 Å². The zero-order valence-electron chi connectivity index (χ0n) is 7.34. The Kier molecular flexibility index (Phi) is 1.99. The summed E-state index contributed by atoms with van der Waals surface area (Å²) in [6.45, 7) is 0. The number of aryl methyl sites for hydroxylation is 1. The van der Waals surface area contributed by atoms with Gasteiger partial charge in [-0.3, -0.25) is 4.79 Å². The predicted molar refractivity (Wildman–Crippen MR) is 40.2 cm³/mol. The zero-order chi connectivity index (χ0) is 11.2. The van der Waals surface area contributed by atoms with E-state index in [0.29, 0.717) is 0 Å². The first-order valence-corrected chi connectivity index (χ1v) is 4.19. The predicted octanol–water partition coefficient (Wildman–Crippen LogP) is 1.81. The number of carbonyl (C=O) groups is 1. The lowest BCUT2D eigenvalue weighted by Gasteiger charge is -2.07. The van der Waals surface area contributed by atoms with Crippen LogP contribution in [0.1, 0.15) is 29.4 Å². The molecule has 0 saturated heterocycles. The normalized spacial score (nSPS) is 20.3. The average molecular weight is 221 g/mol. The summed E-state index contributed by atoms with van der Waals surface area (Å²) in [5.41, 5.74) is -1.52. The maximum Gasteiger partial charge on any atom is 0.437 e. The molecule has 1 N–H and O–H groups in total. The summed E-state index contributed by atoms with van der Waals surface area (Å²) >= 11 is 0. The van der Waals surface area contributed by atoms with Gasteiger partial charge in [0.2, 0.25) is 0 Å². The number of aliphatic carboxylic acids is 1. The smallest absolute Gasteiger partial charge is 0.437 e. The van der Waals surface area contributed by atoms with Gasteiger partial charge in [-0.15, -0.1) is 0 Å². The summed E-state index contributed by atoms with van der Waals surface area (Å²) in [4.78, 5) is 10.7. The van der Waals surface area contributed by atoms with E-state index in [-0.39, 0.29) is 24.2 Å². The molecule has 1 aliphatic carbocycles. The van der Waals surface area contributed by atoms with Crippen LogP contribution >= 0.6 is 0 Å². The first kappa shape index (κ1) is 10.0. The number of hydrogen-bond donors (Lipinski definition) is 1. The summed E-state index contributed by atoms with van der Waals surface area (Å²) in [6, 6.07) is 0. The topological polar surface area (TPSA) is 63.3 Å². The highest BCUT2D eigenvalue weighted by molar-refractivity contribution is 5.77. The Morgan fingerprint density at radius 1 is 1.53 bits per heavy atom. The fourth-order valence-corrected chi connectivity index (χ4v) is 1.74. The first-order valence-electron chi connectivity index (χ1n) is 4.19. The summed E-state index contributed by atoms with van der Waals surface area (Å²) in [5.74, 6) is -2.39. The molecule has 2 rings (SSSR count). The molecule has 0 radical (unpaired) electrons. The van der Waals surface area contributed by atoms with Crippen LogP contribution in [-0.2, 0) is 17.4 Å². The lowest BCUT2D eigenvalue weighted by molar-refractivity contribution is -0.144. The van der Waals surface area contributed by atoms with Gasteiger partial charge in [-0.05, 0) is 6.42 Å². The van der Waals surface area contributed by atoms with Gasteiger partial charge in [0.25, 0.3) is 0 Å². The van der Waals surface area contributed by atoms with Crippen molar-refractivity contribution in [1.82, 2.24) is 5.16 Å². The van der Waals surface area contributed by atoms with Gasteiger partial charge in [-0.2, -0.15) is 13.2 Å². The standard InChI is InChI=1S/C8H6F3NO3/c9-8(10,11)6-5-3(7(13)14)1-2-4(5)15-12-6/h3H,1-2H2,(H,13,14). The monoisotopic (exact) mass is 221 g/mol. The second-order valence-corrected chi connectivity index (χ2v) is 3.30. The van der Waals surface area contributed by atoms with E-state index in [1.54, 1.807) is 0 Å². The lowest BCUT2D eigenvalue weighted by atomic mass is 10.0. The number of halogens is 3. The average Bonchev–Trinajstić information content (AvgIpc) is 2.57. The van der Waals surface area contributed by atoms with Crippen LogP contribution in [-0.4, -0.2) is 16.2 Å². The van der Waals surface area contributed by atoms with Gasteiger partial charge >= 0.3 is 12.1 Å². The van der Waals surface area contributed by atoms with Gasteiger partial charge in [0, 0.05) is 12.0 Å². The third-order valence-electron chi connectivity index (χ3n) is 2.38. The second-order valence-electron chi connectivity index (χ2n) is 3.30. The Morgan fingerprint density at radius 3 is 2.73 bits per heavy atom. The molecule has 0 aliphatic heterocycles. The van der Waals surface area contributed by atoms with Crippen LogP contribution in [0.2, 0.25) is 0 Å². The molecule has 15 heavy (non-hydrogen) atoms. The van der Waals surface area contributed by atoms with E-state index < -0.39 is 23.8 Å². The van der Waals surface area contributed by atoms with Crippen molar-refractivity contribution in [2.75, 3.05) is 0 Å². The molecule has 1 aromatic heterocycles. The largest absolute Gasteiger partial charge is 0.481 e. The van der Waals surface area contributed by atoms with Crippen molar-refractivity contribution < 1.29 is 27.6 Å². The maximum atomic E-state index is 12.4. The molecule has 1 heterocycles. The molecule has 1 aliphatic rings. The lowest BCUT2D eigenvalue weighted by Crippen LogP contribution is -2.15. The van der Waals surface area contributed by atoms with Crippen LogP contribution < -0.4 is 0 Å². The van der Waals surface area contributed by atoms with E-state index in [2.05, 4.69) is 9.68 Å². The van der Waals surface area contributed by atoms with Crippen molar-refractivity contribution in [3.8, 4) is 0 Å². The number of aromatic nitrogens is 1. The van der Waals surface area contributed by atoms with Crippen LogP contribution in [0.3, 0.4) is 0 Å². The van der Waals surface area contributed by atoms with E-state index in [9.17, 15) is 18.0 Å². The van der Waals surface area contributed by atoms with Gasteiger partial charge in [0.05, 0.1) is 5.92 Å². The van der Waals surface area contributed by atoms with E-state index >= 15 is 0 Å². The molecule has 4 nitrogen and oxygen atoms in total. The summed E-state index contributed by atoms with van der Waals surface area (Å²) in [6.07, 6.45) is -4.33. The molecule has 82 valence electrons.